The molecule has 1 rings (SSSR count). The van der Waals surface area contributed by atoms with Crippen molar-refractivity contribution in [1.82, 2.24) is 4.98 Å². The summed E-state index contributed by atoms with van der Waals surface area (Å²) < 4.78 is 0. The largest absolute Gasteiger partial charge is 0.402 e. The summed E-state index contributed by atoms with van der Waals surface area (Å²) in [5.74, 6) is -0.0857. The lowest BCUT2D eigenvalue weighted by molar-refractivity contribution is 0.104. The Morgan fingerprint density at radius 1 is 1.50 bits per heavy atom. The number of carbonyl (C=O) groups is 1. The second kappa shape index (κ2) is 3.67. The van der Waals surface area contributed by atoms with E-state index in [9.17, 15) is 4.79 Å². The first-order valence-electron chi connectivity index (χ1n) is 3.58. The van der Waals surface area contributed by atoms with Crippen LogP contribution in [0.15, 0.2) is 36.3 Å². The van der Waals surface area contributed by atoms with Crippen LogP contribution in [0.2, 0.25) is 0 Å². The van der Waals surface area contributed by atoms with E-state index in [1.54, 1.807) is 31.5 Å². The SMILES string of the molecule is CC(N)=CC(=O)c1ccncc1. The summed E-state index contributed by atoms with van der Waals surface area (Å²) in [7, 11) is 0. The van der Waals surface area contributed by atoms with E-state index in [1.165, 1.54) is 6.08 Å². The van der Waals surface area contributed by atoms with Gasteiger partial charge in [0.1, 0.15) is 0 Å². The molecule has 0 saturated carbocycles. The maximum absolute atomic E-state index is 11.3. The van der Waals surface area contributed by atoms with Crippen molar-refractivity contribution >= 4 is 5.78 Å². The molecule has 0 aliphatic carbocycles. The third-order valence-corrected chi connectivity index (χ3v) is 1.32. The predicted octanol–water partition coefficient (Wildman–Crippen LogP) is 1.13. The number of rotatable bonds is 2. The van der Waals surface area contributed by atoms with Gasteiger partial charge in [0.25, 0.3) is 0 Å². The van der Waals surface area contributed by atoms with Crippen molar-refractivity contribution in [2.24, 2.45) is 5.73 Å². The maximum atomic E-state index is 11.3. The molecule has 1 aromatic heterocycles. The van der Waals surface area contributed by atoms with Gasteiger partial charge in [0, 0.05) is 29.7 Å². The highest BCUT2D eigenvalue weighted by Crippen LogP contribution is 1.99. The van der Waals surface area contributed by atoms with Crippen molar-refractivity contribution in [3.63, 3.8) is 0 Å². The van der Waals surface area contributed by atoms with Crippen LogP contribution in [-0.4, -0.2) is 10.8 Å². The first-order valence-corrected chi connectivity index (χ1v) is 3.58. The number of pyridine rings is 1. The summed E-state index contributed by atoms with van der Waals surface area (Å²) in [5, 5.41) is 0. The van der Waals surface area contributed by atoms with E-state index < -0.39 is 0 Å². The summed E-state index contributed by atoms with van der Waals surface area (Å²) in [6.07, 6.45) is 4.55. The van der Waals surface area contributed by atoms with Crippen molar-refractivity contribution in [2.45, 2.75) is 6.92 Å². The minimum Gasteiger partial charge on any atom is -0.402 e. The minimum atomic E-state index is -0.0857. The first kappa shape index (κ1) is 8.46. The van der Waals surface area contributed by atoms with Crippen LogP contribution >= 0.6 is 0 Å². The van der Waals surface area contributed by atoms with Gasteiger partial charge in [-0.15, -0.1) is 0 Å². The molecule has 0 aromatic carbocycles. The zero-order valence-corrected chi connectivity index (χ0v) is 6.82. The normalized spacial score (nSPS) is 11.2. The zero-order chi connectivity index (χ0) is 8.97. The van der Waals surface area contributed by atoms with Gasteiger partial charge >= 0.3 is 0 Å². The molecule has 0 atom stereocenters. The first-order chi connectivity index (χ1) is 5.70. The molecule has 1 heterocycles. The van der Waals surface area contributed by atoms with Gasteiger partial charge < -0.3 is 5.73 Å². The van der Waals surface area contributed by atoms with Crippen LogP contribution in [-0.2, 0) is 0 Å². The Morgan fingerprint density at radius 3 is 2.58 bits per heavy atom. The van der Waals surface area contributed by atoms with Gasteiger partial charge in [-0.05, 0) is 19.1 Å². The van der Waals surface area contributed by atoms with Crippen molar-refractivity contribution in [3.05, 3.63) is 41.9 Å². The number of carbonyl (C=O) groups excluding carboxylic acids is 1. The molecule has 3 nitrogen and oxygen atoms in total. The van der Waals surface area contributed by atoms with Crippen LogP contribution in [0.3, 0.4) is 0 Å². The predicted molar refractivity (Wildman–Crippen MR) is 46.5 cm³/mol. The molecule has 62 valence electrons. The number of hydrogen-bond donors (Lipinski definition) is 1. The van der Waals surface area contributed by atoms with E-state index in [0.717, 1.165) is 0 Å². The molecular weight excluding hydrogens is 152 g/mol. The molecule has 0 amide bonds. The van der Waals surface area contributed by atoms with E-state index in [-0.39, 0.29) is 5.78 Å². The van der Waals surface area contributed by atoms with Gasteiger partial charge in [0.05, 0.1) is 0 Å². The molecule has 0 aliphatic heterocycles. The van der Waals surface area contributed by atoms with Crippen molar-refractivity contribution in [1.29, 1.82) is 0 Å². The summed E-state index contributed by atoms with van der Waals surface area (Å²) in [6, 6.07) is 3.31. The van der Waals surface area contributed by atoms with Gasteiger partial charge in [-0.25, -0.2) is 0 Å². The van der Waals surface area contributed by atoms with Crippen molar-refractivity contribution in [3.8, 4) is 0 Å². The lowest BCUT2D eigenvalue weighted by Crippen LogP contribution is -1.99. The Labute approximate surface area is 70.9 Å². The maximum Gasteiger partial charge on any atom is 0.187 e. The molecule has 0 spiro atoms. The highest BCUT2D eigenvalue weighted by molar-refractivity contribution is 6.04. The summed E-state index contributed by atoms with van der Waals surface area (Å²) >= 11 is 0. The molecule has 0 bridgehead atoms. The standard InChI is InChI=1S/C9H10N2O/c1-7(10)6-9(12)8-2-4-11-5-3-8/h2-6H,10H2,1H3. The van der Waals surface area contributed by atoms with Crippen LogP contribution in [0, 0.1) is 0 Å². The van der Waals surface area contributed by atoms with E-state index in [1.807, 2.05) is 0 Å². The molecule has 12 heavy (non-hydrogen) atoms. The van der Waals surface area contributed by atoms with E-state index in [2.05, 4.69) is 4.98 Å². The van der Waals surface area contributed by atoms with Crippen LogP contribution in [0.1, 0.15) is 17.3 Å². The van der Waals surface area contributed by atoms with E-state index in [4.69, 9.17) is 5.73 Å². The summed E-state index contributed by atoms with van der Waals surface area (Å²) in [6.45, 7) is 1.68. The molecule has 0 radical (unpaired) electrons. The number of aromatic nitrogens is 1. The average Bonchev–Trinajstić information content (AvgIpc) is 2.05. The lowest BCUT2D eigenvalue weighted by atomic mass is 10.1. The molecular formula is C9H10N2O. The second-order valence-electron chi connectivity index (χ2n) is 2.49. The Hall–Kier alpha value is -1.64. The highest BCUT2D eigenvalue weighted by Gasteiger charge is 1.99. The fraction of sp³-hybridized carbons (Fsp3) is 0.111. The van der Waals surface area contributed by atoms with Gasteiger partial charge in [-0.2, -0.15) is 0 Å². The lowest BCUT2D eigenvalue weighted by Gasteiger charge is -1.93. The Kier molecular flexibility index (Phi) is 2.58. The van der Waals surface area contributed by atoms with E-state index >= 15 is 0 Å². The minimum absolute atomic E-state index is 0.0857. The van der Waals surface area contributed by atoms with Gasteiger partial charge in [-0.3, -0.25) is 9.78 Å². The number of allylic oxidation sites excluding steroid dienone is 2. The molecule has 2 N–H and O–H groups in total. The summed E-state index contributed by atoms with van der Waals surface area (Å²) in [5.41, 5.74) is 6.47. The van der Waals surface area contributed by atoms with Gasteiger partial charge in [0.15, 0.2) is 5.78 Å². The Bertz CT molecular complexity index is 300. The molecule has 3 heteroatoms. The van der Waals surface area contributed by atoms with Crippen molar-refractivity contribution in [2.75, 3.05) is 0 Å². The zero-order valence-electron chi connectivity index (χ0n) is 6.82. The molecule has 0 saturated heterocycles. The molecule has 1 aromatic rings. The van der Waals surface area contributed by atoms with Crippen LogP contribution in [0.4, 0.5) is 0 Å². The fourth-order valence-corrected chi connectivity index (χ4v) is 0.806. The topological polar surface area (TPSA) is 56.0 Å². The number of hydrogen-bond acceptors (Lipinski definition) is 3. The molecule has 0 aliphatic rings. The second-order valence-corrected chi connectivity index (χ2v) is 2.49. The molecule has 0 fully saturated rings. The van der Waals surface area contributed by atoms with Gasteiger partial charge in [-0.1, -0.05) is 0 Å². The van der Waals surface area contributed by atoms with E-state index in [0.29, 0.717) is 11.3 Å². The smallest absolute Gasteiger partial charge is 0.187 e. The van der Waals surface area contributed by atoms with Crippen LogP contribution in [0.25, 0.3) is 0 Å². The number of nitrogens with zero attached hydrogens (tertiary/aromatic N) is 1. The number of nitrogens with two attached hydrogens (primary N) is 1. The summed E-state index contributed by atoms with van der Waals surface area (Å²) in [4.78, 5) is 15.1. The number of ketones is 1. The average molecular weight is 162 g/mol. The third kappa shape index (κ3) is 2.20. The molecule has 0 unspecified atom stereocenters. The monoisotopic (exact) mass is 162 g/mol. The highest BCUT2D eigenvalue weighted by atomic mass is 16.1. The van der Waals surface area contributed by atoms with Crippen LogP contribution in [0.5, 0.6) is 0 Å². The quantitative estimate of drug-likeness (QED) is 0.523. The Balaban J connectivity index is 2.87. The van der Waals surface area contributed by atoms with Gasteiger partial charge in [0.2, 0.25) is 0 Å². The Morgan fingerprint density at radius 2 is 2.08 bits per heavy atom. The van der Waals surface area contributed by atoms with Crippen molar-refractivity contribution < 1.29 is 4.79 Å². The third-order valence-electron chi connectivity index (χ3n) is 1.32. The fourth-order valence-electron chi connectivity index (χ4n) is 0.806. The van der Waals surface area contributed by atoms with Crippen LogP contribution < -0.4 is 5.73 Å².